The summed E-state index contributed by atoms with van der Waals surface area (Å²) in [6, 6.07) is 13.1. The molecule has 2 saturated heterocycles. The van der Waals surface area contributed by atoms with E-state index in [-0.39, 0.29) is 49.1 Å². The largest absolute Gasteiger partial charge is 0.342 e. The Balaban J connectivity index is 1.55. The summed E-state index contributed by atoms with van der Waals surface area (Å²) in [5.41, 5.74) is 0.798. The molecule has 0 N–H and O–H groups in total. The molecule has 2 aliphatic rings. The van der Waals surface area contributed by atoms with Gasteiger partial charge in [0.15, 0.2) is 0 Å². The van der Waals surface area contributed by atoms with Crippen molar-refractivity contribution >= 4 is 23.4 Å². The number of amides is 3. The van der Waals surface area contributed by atoms with Crippen LogP contribution in [0.4, 0.5) is 5.69 Å². The van der Waals surface area contributed by atoms with Gasteiger partial charge in [0, 0.05) is 37.7 Å². The molecular weight excluding hydrogens is 370 g/mol. The van der Waals surface area contributed by atoms with Gasteiger partial charge in [-0.3, -0.25) is 14.4 Å². The van der Waals surface area contributed by atoms with E-state index in [4.69, 9.17) is 10.5 Å². The highest BCUT2D eigenvalue weighted by molar-refractivity contribution is 6.00. The number of carbonyl (C=O) groups is 3. The summed E-state index contributed by atoms with van der Waals surface area (Å²) < 4.78 is 0. The Hall–Kier alpha value is -3.39. The predicted octanol–water partition coefficient (Wildman–Crippen LogP) is 1.15. The van der Waals surface area contributed by atoms with E-state index in [0.29, 0.717) is 32.5 Å². The topological polar surface area (TPSA) is 109 Å². The van der Waals surface area contributed by atoms with Gasteiger partial charge in [-0.2, -0.15) is 10.5 Å². The van der Waals surface area contributed by atoms with Crippen LogP contribution in [-0.4, -0.2) is 60.2 Å². The Morgan fingerprint density at radius 2 is 1.66 bits per heavy atom. The molecular formula is C21H23N5O3. The lowest BCUT2D eigenvalue weighted by atomic mass is 9.94. The van der Waals surface area contributed by atoms with E-state index in [9.17, 15) is 14.4 Å². The molecule has 1 atom stereocenters. The van der Waals surface area contributed by atoms with Crippen LogP contribution in [0.3, 0.4) is 0 Å². The number of para-hydroxylation sites is 1. The minimum atomic E-state index is -0.372. The zero-order valence-electron chi connectivity index (χ0n) is 16.2. The van der Waals surface area contributed by atoms with Crippen molar-refractivity contribution in [2.24, 2.45) is 11.8 Å². The monoisotopic (exact) mass is 393 g/mol. The minimum Gasteiger partial charge on any atom is -0.342 e. The number of nitriles is 2. The van der Waals surface area contributed by atoms with Crippen molar-refractivity contribution in [2.45, 2.75) is 19.3 Å². The summed E-state index contributed by atoms with van der Waals surface area (Å²) in [5, 5.41) is 17.7. The van der Waals surface area contributed by atoms with Crippen LogP contribution in [0.1, 0.15) is 19.3 Å². The van der Waals surface area contributed by atoms with Crippen molar-refractivity contribution in [1.82, 2.24) is 9.80 Å². The normalized spacial score (nSPS) is 19.5. The van der Waals surface area contributed by atoms with Crippen molar-refractivity contribution in [3.05, 3.63) is 30.3 Å². The van der Waals surface area contributed by atoms with Gasteiger partial charge in [-0.05, 0) is 25.0 Å². The molecule has 0 saturated carbocycles. The third-order valence-electron chi connectivity index (χ3n) is 5.53. The van der Waals surface area contributed by atoms with Gasteiger partial charge in [0.25, 0.3) is 0 Å². The number of hydrogen-bond donors (Lipinski definition) is 0. The van der Waals surface area contributed by atoms with Gasteiger partial charge < -0.3 is 14.7 Å². The summed E-state index contributed by atoms with van der Waals surface area (Å²) in [4.78, 5) is 42.4. The first kappa shape index (κ1) is 20.3. The van der Waals surface area contributed by atoms with Crippen molar-refractivity contribution in [2.75, 3.05) is 37.6 Å². The summed E-state index contributed by atoms with van der Waals surface area (Å²) in [7, 11) is 0. The maximum atomic E-state index is 12.9. The Kier molecular flexibility index (Phi) is 6.46. The first-order valence-corrected chi connectivity index (χ1v) is 9.72. The van der Waals surface area contributed by atoms with E-state index < -0.39 is 0 Å². The molecule has 2 heterocycles. The van der Waals surface area contributed by atoms with E-state index in [0.717, 1.165) is 5.69 Å². The van der Waals surface area contributed by atoms with Crippen LogP contribution in [0.25, 0.3) is 0 Å². The summed E-state index contributed by atoms with van der Waals surface area (Å²) >= 11 is 0. The lowest BCUT2D eigenvalue weighted by molar-refractivity contribution is -0.141. The zero-order chi connectivity index (χ0) is 20.8. The van der Waals surface area contributed by atoms with Crippen molar-refractivity contribution < 1.29 is 14.4 Å². The fourth-order valence-electron chi connectivity index (χ4n) is 3.98. The molecule has 3 rings (SSSR count). The number of nitrogens with zero attached hydrogens (tertiary/aromatic N) is 5. The molecule has 0 bridgehead atoms. The van der Waals surface area contributed by atoms with Crippen LogP contribution in [0, 0.1) is 34.5 Å². The molecule has 1 unspecified atom stereocenters. The molecule has 1 aromatic carbocycles. The van der Waals surface area contributed by atoms with Gasteiger partial charge in [0.1, 0.15) is 13.1 Å². The average molecular weight is 393 g/mol. The molecule has 2 fully saturated rings. The molecule has 8 heteroatoms. The van der Waals surface area contributed by atoms with Gasteiger partial charge in [-0.25, -0.2) is 0 Å². The standard InChI is InChI=1S/C21H23N5O3/c22-8-12-25(13-9-23)20(28)16-6-10-24(11-7-16)21(29)17-14-19(27)26(15-17)18-4-2-1-3-5-18/h1-5,16-17H,6-7,10-15H2. The minimum absolute atomic E-state index is 0.0476. The van der Waals surface area contributed by atoms with Crippen molar-refractivity contribution in [3.8, 4) is 12.1 Å². The number of piperidine rings is 1. The Bertz CT molecular complexity index is 833. The van der Waals surface area contributed by atoms with Crippen LogP contribution in [0.5, 0.6) is 0 Å². The first-order chi connectivity index (χ1) is 14.0. The van der Waals surface area contributed by atoms with Crippen LogP contribution in [0.2, 0.25) is 0 Å². The molecule has 3 amide bonds. The van der Waals surface area contributed by atoms with Gasteiger partial charge in [0.05, 0.1) is 18.1 Å². The number of hydrogen-bond acceptors (Lipinski definition) is 5. The molecule has 0 radical (unpaired) electrons. The molecule has 1 aromatic rings. The maximum Gasteiger partial charge on any atom is 0.228 e. The van der Waals surface area contributed by atoms with E-state index in [2.05, 4.69) is 0 Å². The number of likely N-dealkylation sites (tertiary alicyclic amines) is 1. The summed E-state index contributed by atoms with van der Waals surface area (Å²) in [5.74, 6) is -0.959. The summed E-state index contributed by atoms with van der Waals surface area (Å²) in [6.45, 7) is 1.05. The van der Waals surface area contributed by atoms with Gasteiger partial charge in [-0.1, -0.05) is 18.2 Å². The average Bonchev–Trinajstić information content (AvgIpc) is 3.15. The van der Waals surface area contributed by atoms with Crippen LogP contribution in [-0.2, 0) is 14.4 Å². The SMILES string of the molecule is N#CCN(CC#N)C(=O)C1CCN(C(=O)C2CC(=O)N(c3ccccc3)C2)CC1. The fourth-order valence-corrected chi connectivity index (χ4v) is 3.98. The maximum absolute atomic E-state index is 12.9. The quantitative estimate of drug-likeness (QED) is 0.697. The molecule has 0 aromatic heterocycles. The second-order valence-corrected chi connectivity index (χ2v) is 7.35. The van der Waals surface area contributed by atoms with Crippen molar-refractivity contribution in [3.63, 3.8) is 0 Å². The molecule has 0 aliphatic carbocycles. The fraction of sp³-hybridized carbons (Fsp3) is 0.476. The molecule has 0 spiro atoms. The highest BCUT2D eigenvalue weighted by Crippen LogP contribution is 2.28. The van der Waals surface area contributed by atoms with Gasteiger partial charge >= 0.3 is 0 Å². The lowest BCUT2D eigenvalue weighted by Crippen LogP contribution is -2.46. The second-order valence-electron chi connectivity index (χ2n) is 7.35. The van der Waals surface area contributed by atoms with Crippen LogP contribution >= 0.6 is 0 Å². The summed E-state index contributed by atoms with van der Waals surface area (Å²) in [6.07, 6.45) is 1.20. The Morgan fingerprint density at radius 1 is 1.03 bits per heavy atom. The molecule has 29 heavy (non-hydrogen) atoms. The number of anilines is 1. The second kappa shape index (κ2) is 9.20. The highest BCUT2D eigenvalue weighted by Gasteiger charge is 2.39. The number of carbonyl (C=O) groups excluding carboxylic acids is 3. The van der Waals surface area contributed by atoms with Crippen LogP contribution < -0.4 is 4.90 Å². The predicted molar refractivity (Wildman–Crippen MR) is 104 cm³/mol. The molecule has 2 aliphatic heterocycles. The van der Waals surface area contributed by atoms with Crippen LogP contribution in [0.15, 0.2) is 30.3 Å². The van der Waals surface area contributed by atoms with E-state index in [1.165, 1.54) is 4.90 Å². The third-order valence-corrected chi connectivity index (χ3v) is 5.53. The smallest absolute Gasteiger partial charge is 0.228 e. The van der Waals surface area contributed by atoms with Crippen molar-refractivity contribution in [1.29, 1.82) is 10.5 Å². The molecule has 8 nitrogen and oxygen atoms in total. The third kappa shape index (κ3) is 4.55. The first-order valence-electron chi connectivity index (χ1n) is 9.72. The van der Waals surface area contributed by atoms with Gasteiger partial charge in [0.2, 0.25) is 17.7 Å². The van der Waals surface area contributed by atoms with E-state index in [1.54, 1.807) is 9.80 Å². The van der Waals surface area contributed by atoms with E-state index >= 15 is 0 Å². The highest BCUT2D eigenvalue weighted by atomic mass is 16.2. The molecule has 150 valence electrons. The van der Waals surface area contributed by atoms with Gasteiger partial charge in [-0.15, -0.1) is 0 Å². The van der Waals surface area contributed by atoms with E-state index in [1.807, 2.05) is 42.5 Å². The number of rotatable bonds is 5. The zero-order valence-corrected chi connectivity index (χ0v) is 16.2. The lowest BCUT2D eigenvalue weighted by Gasteiger charge is -2.34. The Morgan fingerprint density at radius 3 is 2.24 bits per heavy atom. The Labute approximate surface area is 169 Å². The number of benzene rings is 1.